The Bertz CT molecular complexity index is 807. The Hall–Kier alpha value is -1.55. The van der Waals surface area contributed by atoms with Crippen LogP contribution in [0.25, 0.3) is 5.53 Å². The molecule has 6 nitrogen and oxygen atoms in total. The van der Waals surface area contributed by atoms with Crippen LogP contribution in [0, 0.1) is 0 Å². The van der Waals surface area contributed by atoms with Crippen molar-refractivity contribution in [3.8, 4) is 0 Å². The summed E-state index contributed by atoms with van der Waals surface area (Å²) >= 11 is -2.87. The molecule has 1 saturated carbocycles. The van der Waals surface area contributed by atoms with Gasteiger partial charge < -0.3 is 10.1 Å². The molecule has 0 aromatic heterocycles. The molecule has 0 heterocycles. The van der Waals surface area contributed by atoms with Gasteiger partial charge in [0.1, 0.15) is 4.75 Å². The molecule has 0 spiro atoms. The fraction of sp³-hybridized carbons (Fsp3) is 0.462. The van der Waals surface area contributed by atoms with E-state index >= 15 is 0 Å². The van der Waals surface area contributed by atoms with E-state index in [2.05, 4.69) is 4.79 Å². The number of alkyl halides is 3. The van der Waals surface area contributed by atoms with E-state index in [4.69, 9.17) is 5.53 Å². The molecule has 132 valence electrons. The summed E-state index contributed by atoms with van der Waals surface area (Å²) in [4.78, 5) is 2.13. The summed E-state index contributed by atoms with van der Waals surface area (Å²) < 4.78 is 84.1. The van der Waals surface area contributed by atoms with Crippen molar-refractivity contribution in [2.24, 2.45) is 0 Å². The highest BCUT2D eigenvalue weighted by Crippen LogP contribution is 2.38. The molecular formula is C13H12F3N2O4S2-. The Labute approximate surface area is 138 Å². The first-order valence-electron chi connectivity index (χ1n) is 6.80. The predicted octanol–water partition coefficient (Wildman–Crippen LogP) is 2.30. The average molecular weight is 381 g/mol. The smallest absolute Gasteiger partial charge is 0.416 e. The zero-order chi connectivity index (χ0) is 18.2. The fourth-order valence-corrected chi connectivity index (χ4v) is 5.58. The number of hydrogen-bond acceptors (Lipinski definition) is 4. The van der Waals surface area contributed by atoms with Gasteiger partial charge >= 0.3 is 11.2 Å². The van der Waals surface area contributed by atoms with Crippen molar-refractivity contribution in [1.29, 1.82) is 0 Å². The normalized spacial score (nSPS) is 18.8. The van der Waals surface area contributed by atoms with Crippen molar-refractivity contribution in [1.82, 2.24) is 0 Å². The maximum atomic E-state index is 12.6. The zero-order valence-corrected chi connectivity index (χ0v) is 13.7. The number of benzene rings is 1. The van der Waals surface area contributed by atoms with Gasteiger partial charge in [-0.3, -0.25) is 4.21 Å². The second-order valence-corrected chi connectivity index (χ2v) is 8.48. The predicted molar refractivity (Wildman–Crippen MR) is 77.4 cm³/mol. The lowest BCUT2D eigenvalue weighted by molar-refractivity contribution is -0.137. The minimum atomic E-state index is -4.64. The van der Waals surface area contributed by atoms with Gasteiger partial charge in [-0.1, -0.05) is 12.8 Å². The molecular weight excluding hydrogens is 369 g/mol. The molecule has 0 bridgehead atoms. The van der Waals surface area contributed by atoms with Crippen molar-refractivity contribution in [2.45, 2.75) is 41.5 Å². The van der Waals surface area contributed by atoms with Crippen LogP contribution in [0.3, 0.4) is 0 Å². The number of sulfone groups is 1. The van der Waals surface area contributed by atoms with E-state index in [9.17, 15) is 30.4 Å². The number of hydrogen-bond donors (Lipinski definition) is 0. The van der Waals surface area contributed by atoms with E-state index in [1.54, 1.807) is 0 Å². The molecule has 1 fully saturated rings. The lowest BCUT2D eigenvalue weighted by Crippen LogP contribution is -2.45. The SMILES string of the molecule is [N-]=[N+]=C(C1(S(=O)[O-])CCCC1)S(=O)(=O)c1ccc(C(F)(F)F)cc1. The Balaban J connectivity index is 2.52. The summed E-state index contributed by atoms with van der Waals surface area (Å²) in [5.41, 5.74) is 8.09. The van der Waals surface area contributed by atoms with Gasteiger partial charge in [-0.2, -0.15) is 18.0 Å². The van der Waals surface area contributed by atoms with Crippen LogP contribution in [0.15, 0.2) is 29.2 Å². The minimum absolute atomic E-state index is 0.0393. The van der Waals surface area contributed by atoms with Crippen molar-refractivity contribution >= 4 is 26.0 Å². The average Bonchev–Trinajstić information content (AvgIpc) is 2.97. The van der Waals surface area contributed by atoms with E-state index in [-0.39, 0.29) is 12.8 Å². The van der Waals surface area contributed by atoms with Gasteiger partial charge in [0.05, 0.1) is 10.5 Å². The maximum Gasteiger partial charge on any atom is 0.416 e. The standard InChI is InChI=1S/C13H13F3N2O4S2/c14-13(15,16)9-3-5-10(6-4-9)24(21,22)11(18-17)12(23(19)20)7-1-2-8-12/h3-6H,1-2,7-8H2,(H,19,20)/p-1. The molecule has 1 aliphatic carbocycles. The molecule has 1 unspecified atom stereocenters. The minimum Gasteiger partial charge on any atom is -0.771 e. The lowest BCUT2D eigenvalue weighted by atomic mass is 10.1. The van der Waals surface area contributed by atoms with E-state index < -0.39 is 47.3 Å². The van der Waals surface area contributed by atoms with Gasteiger partial charge in [-0.25, -0.2) is 8.42 Å². The summed E-state index contributed by atoms with van der Waals surface area (Å²) in [6.07, 6.45) is -3.87. The Morgan fingerprint density at radius 3 is 2.08 bits per heavy atom. The molecule has 1 aromatic rings. The molecule has 0 aliphatic heterocycles. The maximum absolute atomic E-state index is 12.6. The first kappa shape index (κ1) is 18.8. The summed E-state index contributed by atoms with van der Waals surface area (Å²) in [5, 5.41) is -0.958. The van der Waals surface area contributed by atoms with Gasteiger partial charge in [0.15, 0.2) is 0 Å². The number of nitrogens with zero attached hydrogens (tertiary/aromatic N) is 2. The molecule has 0 N–H and O–H groups in total. The first-order chi connectivity index (χ1) is 11.1. The van der Waals surface area contributed by atoms with Crippen LogP contribution in [0.5, 0.6) is 0 Å². The molecule has 0 amide bonds. The summed E-state index contributed by atoms with van der Waals surface area (Å²) in [6.45, 7) is 0. The van der Waals surface area contributed by atoms with Crippen LogP contribution < -0.4 is 0 Å². The molecule has 24 heavy (non-hydrogen) atoms. The molecule has 1 aromatic carbocycles. The van der Waals surface area contributed by atoms with Crippen LogP contribution in [0.4, 0.5) is 13.2 Å². The largest absolute Gasteiger partial charge is 0.771 e. The fourth-order valence-electron chi connectivity index (χ4n) is 2.72. The molecule has 0 radical (unpaired) electrons. The third-order valence-corrected chi connectivity index (χ3v) is 7.20. The van der Waals surface area contributed by atoms with Crippen molar-refractivity contribution in [3.63, 3.8) is 0 Å². The molecule has 0 saturated heterocycles. The van der Waals surface area contributed by atoms with Crippen LogP contribution in [-0.2, 0) is 27.1 Å². The summed E-state index contributed by atoms with van der Waals surface area (Å²) in [5.74, 6) is 0. The zero-order valence-electron chi connectivity index (χ0n) is 12.1. The molecule has 1 atom stereocenters. The van der Waals surface area contributed by atoms with Crippen LogP contribution in [0.2, 0.25) is 0 Å². The third-order valence-electron chi connectivity index (χ3n) is 3.96. The Morgan fingerprint density at radius 2 is 1.71 bits per heavy atom. The van der Waals surface area contributed by atoms with Crippen molar-refractivity contribution < 1.29 is 35.1 Å². The monoisotopic (exact) mass is 381 g/mol. The lowest BCUT2D eigenvalue weighted by Gasteiger charge is -2.26. The molecule has 11 heteroatoms. The second-order valence-electron chi connectivity index (χ2n) is 5.37. The first-order valence-corrected chi connectivity index (χ1v) is 9.36. The third kappa shape index (κ3) is 3.16. The van der Waals surface area contributed by atoms with Gasteiger partial charge in [0.2, 0.25) is 0 Å². The van der Waals surface area contributed by atoms with Crippen molar-refractivity contribution in [3.05, 3.63) is 35.4 Å². The van der Waals surface area contributed by atoms with E-state index in [0.717, 1.165) is 0 Å². The quantitative estimate of drug-likeness (QED) is 0.263. The van der Waals surface area contributed by atoms with Crippen LogP contribution in [0.1, 0.15) is 31.2 Å². The van der Waals surface area contributed by atoms with Gasteiger partial charge in [0, 0.05) is 0 Å². The highest BCUT2D eigenvalue weighted by Gasteiger charge is 2.53. The van der Waals surface area contributed by atoms with E-state index in [1.807, 2.05) is 0 Å². The van der Waals surface area contributed by atoms with Gasteiger partial charge in [-0.15, -0.1) is 0 Å². The van der Waals surface area contributed by atoms with E-state index in [0.29, 0.717) is 37.1 Å². The Kier molecular flexibility index (Phi) is 5.01. The number of rotatable bonds is 3. The molecule has 1 aliphatic rings. The topological polar surface area (TPSA) is 111 Å². The van der Waals surface area contributed by atoms with Crippen LogP contribution in [-0.4, -0.2) is 31.8 Å². The summed E-state index contributed by atoms with van der Waals surface area (Å²) in [7, 11) is -4.56. The highest BCUT2D eigenvalue weighted by atomic mass is 32.2. The highest BCUT2D eigenvalue weighted by molar-refractivity contribution is 8.08. The van der Waals surface area contributed by atoms with Gasteiger partial charge in [0.25, 0.3) is 9.84 Å². The molecule has 2 rings (SSSR count). The second kappa shape index (κ2) is 6.40. The summed E-state index contributed by atoms with van der Waals surface area (Å²) in [6, 6.07) is 2.55. The Morgan fingerprint density at radius 1 is 1.21 bits per heavy atom. The van der Waals surface area contributed by atoms with Gasteiger partial charge in [-0.05, 0) is 48.2 Å². The number of halogens is 3. The van der Waals surface area contributed by atoms with Crippen LogP contribution >= 0.6 is 0 Å². The van der Waals surface area contributed by atoms with Crippen molar-refractivity contribution in [2.75, 3.05) is 0 Å². The van der Waals surface area contributed by atoms with E-state index in [1.165, 1.54) is 0 Å².